The molecule has 1 aromatic carbocycles. The van der Waals surface area contributed by atoms with Crippen molar-refractivity contribution in [1.82, 2.24) is 0 Å². The number of benzene rings is 1. The van der Waals surface area contributed by atoms with Gasteiger partial charge in [0, 0.05) is 5.88 Å². The quantitative estimate of drug-likeness (QED) is 0.587. The molecule has 3 heteroatoms. The van der Waals surface area contributed by atoms with Crippen LogP contribution in [0.5, 0.6) is 0 Å². The van der Waals surface area contributed by atoms with Crippen LogP contribution < -0.4 is 0 Å². The van der Waals surface area contributed by atoms with Gasteiger partial charge in [0.05, 0.1) is 0 Å². The topological polar surface area (TPSA) is 47.6 Å². The van der Waals surface area contributed by atoms with Crippen molar-refractivity contribution in [2.45, 2.75) is 26.7 Å². The molecule has 0 saturated heterocycles. The van der Waals surface area contributed by atoms with Crippen molar-refractivity contribution in [3.63, 3.8) is 0 Å². The Bertz CT molecular complexity index is 541. The van der Waals surface area contributed by atoms with Crippen molar-refractivity contribution in [1.29, 1.82) is 10.5 Å². The molecular weight excluding hydrogens is 232 g/mol. The summed E-state index contributed by atoms with van der Waals surface area (Å²) in [7, 11) is 0. The highest BCUT2D eigenvalue weighted by Crippen LogP contribution is 2.25. The maximum Gasteiger partial charge on any atom is 0.130 e. The lowest BCUT2D eigenvalue weighted by Crippen LogP contribution is -1.97. The van der Waals surface area contributed by atoms with Gasteiger partial charge in [-0.1, -0.05) is 6.07 Å². The van der Waals surface area contributed by atoms with Crippen LogP contribution in [0.4, 0.5) is 0 Å². The zero-order chi connectivity index (χ0) is 13.0. The highest BCUT2D eigenvalue weighted by molar-refractivity contribution is 6.17. The lowest BCUT2D eigenvalue weighted by molar-refractivity contribution is 1.20. The molecule has 0 amide bonds. The third-order valence-corrected chi connectivity index (χ3v) is 3.12. The Balaban J connectivity index is 3.52. The summed E-state index contributed by atoms with van der Waals surface area (Å²) < 4.78 is 0. The molecule has 0 radical (unpaired) electrons. The Hall–Kier alpha value is -1.77. The van der Waals surface area contributed by atoms with E-state index < -0.39 is 0 Å². The smallest absolute Gasteiger partial charge is 0.130 e. The summed E-state index contributed by atoms with van der Waals surface area (Å²) in [6.45, 7) is 5.95. The van der Waals surface area contributed by atoms with Crippen LogP contribution in [-0.2, 0) is 5.88 Å². The first kappa shape index (κ1) is 13.3. The largest absolute Gasteiger partial charge is 0.192 e. The van der Waals surface area contributed by atoms with Crippen molar-refractivity contribution in [2.24, 2.45) is 0 Å². The fourth-order valence-corrected chi connectivity index (χ4v) is 2.32. The molecule has 0 spiro atoms. The third kappa shape index (κ3) is 2.67. The van der Waals surface area contributed by atoms with Crippen LogP contribution in [0.25, 0.3) is 6.08 Å². The monoisotopic (exact) mass is 244 g/mol. The van der Waals surface area contributed by atoms with Gasteiger partial charge in [0.25, 0.3) is 0 Å². The van der Waals surface area contributed by atoms with Crippen molar-refractivity contribution in [3.05, 3.63) is 39.5 Å². The van der Waals surface area contributed by atoms with E-state index in [9.17, 15) is 0 Å². The second kappa shape index (κ2) is 5.53. The molecule has 1 aromatic rings. The zero-order valence-electron chi connectivity index (χ0n) is 10.1. The molecule has 0 unspecified atom stereocenters. The predicted molar refractivity (Wildman–Crippen MR) is 69.4 cm³/mol. The Morgan fingerprint density at radius 3 is 2.29 bits per heavy atom. The molecule has 0 N–H and O–H groups in total. The SMILES string of the molecule is Cc1cc(C)c(CCl)c(C)c1C=C(C#N)C#N. The van der Waals surface area contributed by atoms with Gasteiger partial charge < -0.3 is 0 Å². The van der Waals surface area contributed by atoms with Crippen LogP contribution >= 0.6 is 11.6 Å². The second-order valence-electron chi connectivity index (χ2n) is 3.94. The van der Waals surface area contributed by atoms with E-state index in [0.29, 0.717) is 5.88 Å². The van der Waals surface area contributed by atoms with E-state index in [-0.39, 0.29) is 5.57 Å². The molecule has 0 bridgehead atoms. The first-order chi connectivity index (χ1) is 8.04. The number of hydrogen-bond acceptors (Lipinski definition) is 2. The highest BCUT2D eigenvalue weighted by Gasteiger charge is 2.09. The molecule has 1 rings (SSSR count). The first-order valence-corrected chi connectivity index (χ1v) is 5.76. The van der Waals surface area contributed by atoms with E-state index in [2.05, 4.69) is 0 Å². The minimum atomic E-state index is 0.112. The van der Waals surface area contributed by atoms with E-state index in [1.54, 1.807) is 6.08 Å². The molecule has 17 heavy (non-hydrogen) atoms. The van der Waals surface area contributed by atoms with Crippen LogP contribution in [0.1, 0.15) is 27.8 Å². The summed E-state index contributed by atoms with van der Waals surface area (Å²) in [5.74, 6) is 0.438. The van der Waals surface area contributed by atoms with Crippen molar-refractivity contribution < 1.29 is 0 Å². The average Bonchev–Trinajstić information content (AvgIpc) is 2.29. The summed E-state index contributed by atoms with van der Waals surface area (Å²) in [6.07, 6.45) is 1.63. The molecule has 0 atom stereocenters. The van der Waals surface area contributed by atoms with Crippen molar-refractivity contribution >= 4 is 17.7 Å². The number of nitriles is 2. The summed E-state index contributed by atoms with van der Waals surface area (Å²) in [5, 5.41) is 17.6. The number of allylic oxidation sites excluding steroid dienone is 1. The molecule has 0 aliphatic rings. The second-order valence-corrected chi connectivity index (χ2v) is 4.21. The van der Waals surface area contributed by atoms with E-state index in [0.717, 1.165) is 27.8 Å². The molecule has 0 aromatic heterocycles. The van der Waals surface area contributed by atoms with Crippen LogP contribution in [-0.4, -0.2) is 0 Å². The Morgan fingerprint density at radius 2 is 1.82 bits per heavy atom. The van der Waals surface area contributed by atoms with Crippen LogP contribution in [0.15, 0.2) is 11.6 Å². The molecular formula is C14H13ClN2. The van der Waals surface area contributed by atoms with Gasteiger partial charge in [-0.3, -0.25) is 0 Å². The summed E-state index contributed by atoms with van der Waals surface area (Å²) >= 11 is 5.92. The van der Waals surface area contributed by atoms with Gasteiger partial charge in [-0.2, -0.15) is 10.5 Å². The van der Waals surface area contributed by atoms with Gasteiger partial charge in [-0.25, -0.2) is 0 Å². The van der Waals surface area contributed by atoms with Gasteiger partial charge in [-0.05, 0) is 54.7 Å². The van der Waals surface area contributed by atoms with E-state index >= 15 is 0 Å². The first-order valence-electron chi connectivity index (χ1n) is 5.22. The molecule has 86 valence electrons. The fraction of sp³-hybridized carbons (Fsp3) is 0.286. The van der Waals surface area contributed by atoms with E-state index in [1.165, 1.54) is 0 Å². The van der Waals surface area contributed by atoms with Crippen LogP contribution in [0, 0.1) is 43.4 Å². The third-order valence-electron chi connectivity index (χ3n) is 2.85. The number of hydrogen-bond donors (Lipinski definition) is 0. The van der Waals surface area contributed by atoms with Crippen LogP contribution in [0.3, 0.4) is 0 Å². The molecule has 0 aliphatic carbocycles. The summed E-state index contributed by atoms with van der Waals surface area (Å²) in [5.41, 5.74) is 5.34. The van der Waals surface area contributed by atoms with E-state index in [1.807, 2.05) is 39.0 Å². The Kier molecular flexibility index (Phi) is 4.32. The average molecular weight is 245 g/mol. The van der Waals surface area contributed by atoms with Crippen LogP contribution in [0.2, 0.25) is 0 Å². The van der Waals surface area contributed by atoms with E-state index in [4.69, 9.17) is 22.1 Å². The molecule has 0 aliphatic heterocycles. The highest BCUT2D eigenvalue weighted by atomic mass is 35.5. The van der Waals surface area contributed by atoms with Gasteiger partial charge in [0.15, 0.2) is 0 Å². The minimum absolute atomic E-state index is 0.112. The lowest BCUT2D eigenvalue weighted by atomic mass is 9.93. The number of alkyl halides is 1. The maximum absolute atomic E-state index is 8.78. The van der Waals surface area contributed by atoms with Crippen molar-refractivity contribution in [3.8, 4) is 12.1 Å². The Morgan fingerprint density at radius 1 is 1.24 bits per heavy atom. The maximum atomic E-state index is 8.78. The predicted octanol–water partition coefficient (Wildman–Crippen LogP) is 3.78. The minimum Gasteiger partial charge on any atom is -0.192 e. The Labute approximate surface area is 107 Å². The van der Waals surface area contributed by atoms with Gasteiger partial charge in [0.2, 0.25) is 0 Å². The zero-order valence-corrected chi connectivity index (χ0v) is 10.9. The summed E-state index contributed by atoms with van der Waals surface area (Å²) in [4.78, 5) is 0. The normalized spacial score (nSPS) is 9.29. The van der Waals surface area contributed by atoms with Gasteiger partial charge >= 0.3 is 0 Å². The number of halogens is 1. The lowest BCUT2D eigenvalue weighted by Gasteiger charge is -2.13. The molecule has 0 saturated carbocycles. The van der Waals surface area contributed by atoms with Gasteiger partial charge in [0.1, 0.15) is 17.7 Å². The number of rotatable bonds is 2. The molecule has 0 heterocycles. The molecule has 0 fully saturated rings. The molecule has 2 nitrogen and oxygen atoms in total. The fourth-order valence-electron chi connectivity index (χ4n) is 1.91. The van der Waals surface area contributed by atoms with Crippen molar-refractivity contribution in [2.75, 3.05) is 0 Å². The summed E-state index contributed by atoms with van der Waals surface area (Å²) in [6, 6.07) is 5.78. The number of aryl methyl sites for hydroxylation is 2. The standard InChI is InChI=1S/C14H13ClN2/c1-9-4-10(2)14(6-15)11(3)13(9)5-12(7-16)8-17/h4-5H,6H2,1-3H3. The van der Waals surface area contributed by atoms with Gasteiger partial charge in [-0.15, -0.1) is 11.6 Å². The number of nitrogens with zero attached hydrogens (tertiary/aromatic N) is 2.